The van der Waals surface area contributed by atoms with Crippen LogP contribution in [0.2, 0.25) is 0 Å². The van der Waals surface area contributed by atoms with Gasteiger partial charge in [0.2, 0.25) is 11.8 Å². The predicted molar refractivity (Wildman–Crippen MR) is 34.1 cm³/mol. The summed E-state index contributed by atoms with van der Waals surface area (Å²) in [5.74, 6) is -0.0926. The molecular formula is C7H9NO2. The molecule has 0 aromatic rings. The van der Waals surface area contributed by atoms with E-state index in [2.05, 4.69) is 5.32 Å². The van der Waals surface area contributed by atoms with Crippen LogP contribution in [-0.4, -0.2) is 11.8 Å². The minimum Gasteiger partial charge on any atom is -0.295 e. The van der Waals surface area contributed by atoms with Crippen LogP contribution in [-0.2, 0) is 9.59 Å². The minimum atomic E-state index is -0.556. The SMILES string of the molecule is O=C1NC(=O)C12CCCC2. The Bertz CT molecular complexity index is 188. The smallest absolute Gasteiger partial charge is 0.242 e. The van der Waals surface area contributed by atoms with Gasteiger partial charge in [-0.3, -0.25) is 14.9 Å². The fourth-order valence-corrected chi connectivity index (χ4v) is 1.82. The van der Waals surface area contributed by atoms with E-state index in [0.717, 1.165) is 25.7 Å². The quantitative estimate of drug-likeness (QED) is 0.385. The van der Waals surface area contributed by atoms with Gasteiger partial charge in [-0.1, -0.05) is 12.8 Å². The third kappa shape index (κ3) is 0.462. The number of carbonyl (C=O) groups excluding carboxylic acids is 2. The Balaban J connectivity index is 2.27. The molecule has 2 rings (SSSR count). The van der Waals surface area contributed by atoms with Crippen molar-refractivity contribution in [3.05, 3.63) is 0 Å². The van der Waals surface area contributed by atoms with Crippen LogP contribution < -0.4 is 5.32 Å². The van der Waals surface area contributed by atoms with Gasteiger partial charge < -0.3 is 0 Å². The molecule has 1 saturated carbocycles. The second-order valence-corrected chi connectivity index (χ2v) is 3.07. The molecule has 1 spiro atoms. The molecule has 0 radical (unpaired) electrons. The van der Waals surface area contributed by atoms with Gasteiger partial charge in [-0.05, 0) is 12.8 Å². The molecule has 0 bridgehead atoms. The van der Waals surface area contributed by atoms with Crippen molar-refractivity contribution in [3.63, 3.8) is 0 Å². The number of hydrogen-bond donors (Lipinski definition) is 1. The lowest BCUT2D eigenvalue weighted by atomic mass is 9.78. The maximum absolute atomic E-state index is 10.9. The summed E-state index contributed by atoms with van der Waals surface area (Å²) in [5.41, 5.74) is -0.556. The topological polar surface area (TPSA) is 46.2 Å². The molecule has 2 aliphatic rings. The molecule has 0 unspecified atom stereocenters. The van der Waals surface area contributed by atoms with E-state index < -0.39 is 5.41 Å². The maximum atomic E-state index is 10.9. The number of nitrogens with one attached hydrogen (secondary N) is 1. The van der Waals surface area contributed by atoms with Gasteiger partial charge in [-0.15, -0.1) is 0 Å². The standard InChI is InChI=1S/C7H9NO2/c9-5-7(6(10)8-5)3-1-2-4-7/h1-4H2,(H,8,9,10). The zero-order chi connectivity index (χ0) is 7.19. The Morgan fingerprint density at radius 2 is 1.60 bits per heavy atom. The monoisotopic (exact) mass is 139 g/mol. The van der Waals surface area contributed by atoms with Crippen LogP contribution in [0.5, 0.6) is 0 Å². The van der Waals surface area contributed by atoms with Gasteiger partial charge in [0.15, 0.2) is 0 Å². The first-order valence-corrected chi connectivity index (χ1v) is 3.62. The van der Waals surface area contributed by atoms with E-state index in [0.29, 0.717) is 0 Å². The van der Waals surface area contributed by atoms with Gasteiger partial charge >= 0.3 is 0 Å². The first kappa shape index (κ1) is 5.89. The zero-order valence-corrected chi connectivity index (χ0v) is 5.64. The zero-order valence-electron chi connectivity index (χ0n) is 5.64. The third-order valence-corrected chi connectivity index (χ3v) is 2.55. The molecule has 2 fully saturated rings. The molecule has 3 nitrogen and oxygen atoms in total. The average Bonchev–Trinajstić information content (AvgIpc) is 2.37. The van der Waals surface area contributed by atoms with Gasteiger partial charge in [0.05, 0.1) is 0 Å². The third-order valence-electron chi connectivity index (χ3n) is 2.55. The van der Waals surface area contributed by atoms with Crippen molar-refractivity contribution in [1.82, 2.24) is 5.32 Å². The summed E-state index contributed by atoms with van der Waals surface area (Å²) in [6.07, 6.45) is 3.60. The van der Waals surface area contributed by atoms with Gasteiger partial charge in [0.1, 0.15) is 5.41 Å². The van der Waals surface area contributed by atoms with Gasteiger partial charge in [0, 0.05) is 0 Å². The molecule has 2 amide bonds. The van der Waals surface area contributed by atoms with Crippen molar-refractivity contribution in [2.45, 2.75) is 25.7 Å². The van der Waals surface area contributed by atoms with E-state index in [1.807, 2.05) is 0 Å². The van der Waals surface area contributed by atoms with E-state index in [-0.39, 0.29) is 11.8 Å². The number of hydrogen-bond acceptors (Lipinski definition) is 2. The highest BCUT2D eigenvalue weighted by molar-refractivity contribution is 6.21. The van der Waals surface area contributed by atoms with Crippen LogP contribution in [0.15, 0.2) is 0 Å². The Labute approximate surface area is 58.8 Å². The number of amides is 2. The number of imide groups is 1. The Morgan fingerprint density at radius 1 is 1.10 bits per heavy atom. The normalized spacial score (nSPS) is 28.4. The molecule has 3 heteroatoms. The maximum Gasteiger partial charge on any atom is 0.242 e. The molecule has 1 saturated heterocycles. The van der Waals surface area contributed by atoms with E-state index in [1.54, 1.807) is 0 Å². The summed E-state index contributed by atoms with van der Waals surface area (Å²) < 4.78 is 0. The lowest BCUT2D eigenvalue weighted by Gasteiger charge is -2.34. The van der Waals surface area contributed by atoms with E-state index in [9.17, 15) is 9.59 Å². The summed E-state index contributed by atoms with van der Waals surface area (Å²) in [6.45, 7) is 0. The van der Waals surface area contributed by atoms with Crippen molar-refractivity contribution >= 4 is 11.8 Å². The Morgan fingerprint density at radius 3 is 1.90 bits per heavy atom. The highest BCUT2D eigenvalue weighted by atomic mass is 16.2. The van der Waals surface area contributed by atoms with E-state index in [4.69, 9.17) is 0 Å². The van der Waals surface area contributed by atoms with Crippen LogP contribution in [0, 0.1) is 5.41 Å². The highest BCUT2D eigenvalue weighted by Gasteiger charge is 2.56. The van der Waals surface area contributed by atoms with Crippen LogP contribution in [0.1, 0.15) is 25.7 Å². The first-order valence-electron chi connectivity index (χ1n) is 3.62. The highest BCUT2D eigenvalue weighted by Crippen LogP contribution is 2.42. The van der Waals surface area contributed by atoms with Crippen molar-refractivity contribution in [1.29, 1.82) is 0 Å². The summed E-state index contributed by atoms with van der Waals surface area (Å²) in [7, 11) is 0. The first-order chi connectivity index (χ1) is 4.76. The minimum absolute atomic E-state index is 0.0463. The van der Waals surface area contributed by atoms with Gasteiger partial charge in [-0.2, -0.15) is 0 Å². The molecule has 10 heavy (non-hydrogen) atoms. The van der Waals surface area contributed by atoms with Gasteiger partial charge in [0.25, 0.3) is 0 Å². The molecule has 1 heterocycles. The van der Waals surface area contributed by atoms with Crippen LogP contribution in [0.25, 0.3) is 0 Å². The molecule has 0 aromatic carbocycles. The number of rotatable bonds is 0. The molecule has 1 aliphatic carbocycles. The van der Waals surface area contributed by atoms with Crippen molar-refractivity contribution in [2.75, 3.05) is 0 Å². The predicted octanol–water partition coefficient (Wildman–Crippen LogP) is 0.203. The van der Waals surface area contributed by atoms with Crippen molar-refractivity contribution in [2.24, 2.45) is 5.41 Å². The van der Waals surface area contributed by atoms with E-state index >= 15 is 0 Å². The van der Waals surface area contributed by atoms with Crippen LogP contribution in [0.3, 0.4) is 0 Å². The summed E-state index contributed by atoms with van der Waals surface area (Å²) in [4.78, 5) is 21.9. The molecular weight excluding hydrogens is 130 g/mol. The summed E-state index contributed by atoms with van der Waals surface area (Å²) in [6, 6.07) is 0. The van der Waals surface area contributed by atoms with Crippen molar-refractivity contribution < 1.29 is 9.59 Å². The number of β-lactam (4-membered cyclic amide) rings is 2. The molecule has 1 N–H and O–H groups in total. The van der Waals surface area contributed by atoms with Gasteiger partial charge in [-0.25, -0.2) is 0 Å². The fraction of sp³-hybridized carbons (Fsp3) is 0.714. The molecule has 1 aliphatic heterocycles. The summed E-state index contributed by atoms with van der Waals surface area (Å²) >= 11 is 0. The Hall–Kier alpha value is -0.860. The lowest BCUT2D eigenvalue weighted by molar-refractivity contribution is -0.157. The molecule has 54 valence electrons. The van der Waals surface area contributed by atoms with Crippen LogP contribution >= 0.6 is 0 Å². The Kier molecular flexibility index (Phi) is 0.938. The second-order valence-electron chi connectivity index (χ2n) is 3.07. The summed E-state index contributed by atoms with van der Waals surface area (Å²) in [5, 5.41) is 2.26. The molecule has 0 aromatic heterocycles. The second kappa shape index (κ2) is 1.59. The largest absolute Gasteiger partial charge is 0.295 e. The van der Waals surface area contributed by atoms with Crippen molar-refractivity contribution in [3.8, 4) is 0 Å². The lowest BCUT2D eigenvalue weighted by Crippen LogP contribution is -2.62. The molecule has 0 atom stereocenters. The number of carbonyl (C=O) groups is 2. The average molecular weight is 139 g/mol. The van der Waals surface area contributed by atoms with E-state index in [1.165, 1.54) is 0 Å². The fourth-order valence-electron chi connectivity index (χ4n) is 1.82. The van der Waals surface area contributed by atoms with Crippen LogP contribution in [0.4, 0.5) is 0 Å².